The van der Waals surface area contributed by atoms with Crippen molar-refractivity contribution in [2.75, 3.05) is 0 Å². The van der Waals surface area contributed by atoms with Gasteiger partial charge in [0, 0.05) is 11.5 Å². The molecule has 0 saturated carbocycles. The van der Waals surface area contributed by atoms with Gasteiger partial charge < -0.3 is 5.73 Å². The first-order valence-corrected chi connectivity index (χ1v) is 4.11. The highest BCUT2D eigenvalue weighted by Crippen LogP contribution is 2.27. The fourth-order valence-electron chi connectivity index (χ4n) is 1.21. The fraction of sp³-hybridized carbons (Fsp3) is 0.273. The second kappa shape index (κ2) is 3.55. The molecule has 0 aromatic carbocycles. The Labute approximate surface area is 74.0 Å². The van der Waals surface area contributed by atoms with Gasteiger partial charge in [-0.05, 0) is 0 Å². The summed E-state index contributed by atoms with van der Waals surface area (Å²) in [5, 5.41) is 0. The molecule has 0 aromatic rings. The second-order valence-corrected chi connectivity index (χ2v) is 3.23. The van der Waals surface area contributed by atoms with E-state index in [2.05, 4.69) is 25.7 Å². The number of hydrogen-bond acceptors (Lipinski definition) is 1. The third-order valence-electron chi connectivity index (χ3n) is 2.19. The first-order valence-electron chi connectivity index (χ1n) is 4.11. The summed E-state index contributed by atoms with van der Waals surface area (Å²) in [6.07, 6.45) is 13.9. The molecule has 0 heterocycles. The van der Waals surface area contributed by atoms with E-state index in [4.69, 9.17) is 5.73 Å². The summed E-state index contributed by atoms with van der Waals surface area (Å²) < 4.78 is 0. The zero-order valence-electron chi connectivity index (χ0n) is 7.40. The monoisotopic (exact) mass is 161 g/mol. The summed E-state index contributed by atoms with van der Waals surface area (Å²) in [5.74, 6) is 0. The van der Waals surface area contributed by atoms with Gasteiger partial charge in [-0.25, -0.2) is 0 Å². The van der Waals surface area contributed by atoms with Gasteiger partial charge in [0.2, 0.25) is 0 Å². The quantitative estimate of drug-likeness (QED) is 0.617. The lowest BCUT2D eigenvalue weighted by molar-refractivity contribution is 0.480. The molecular formula is C11H15N. The van der Waals surface area contributed by atoms with Crippen molar-refractivity contribution in [3.05, 3.63) is 49.1 Å². The summed E-state index contributed by atoms with van der Waals surface area (Å²) in [6.45, 7) is 5.74. The number of rotatable bonds is 2. The van der Waals surface area contributed by atoms with Gasteiger partial charge in [0.25, 0.3) is 0 Å². The van der Waals surface area contributed by atoms with E-state index >= 15 is 0 Å². The molecule has 1 nitrogen and oxygen atoms in total. The molecule has 1 heteroatoms. The molecule has 0 fully saturated rings. The summed E-state index contributed by atoms with van der Waals surface area (Å²) in [5.41, 5.74) is 5.88. The van der Waals surface area contributed by atoms with Gasteiger partial charge >= 0.3 is 0 Å². The molecule has 64 valence electrons. The highest BCUT2D eigenvalue weighted by molar-refractivity contribution is 5.27. The molecular weight excluding hydrogens is 146 g/mol. The van der Waals surface area contributed by atoms with Gasteiger partial charge in [0.05, 0.1) is 0 Å². The predicted molar refractivity (Wildman–Crippen MR) is 53.7 cm³/mol. The topological polar surface area (TPSA) is 26.0 Å². The Morgan fingerprint density at radius 3 is 2.83 bits per heavy atom. The molecule has 1 rings (SSSR count). The molecule has 2 unspecified atom stereocenters. The number of nitrogens with two attached hydrogens (primary N) is 1. The molecule has 0 spiro atoms. The minimum atomic E-state index is -0.0526. The van der Waals surface area contributed by atoms with Gasteiger partial charge in [-0.3, -0.25) is 0 Å². The molecule has 0 saturated heterocycles. The van der Waals surface area contributed by atoms with Crippen molar-refractivity contribution in [3.8, 4) is 0 Å². The van der Waals surface area contributed by atoms with Crippen LogP contribution in [0, 0.1) is 5.41 Å². The first-order chi connectivity index (χ1) is 5.69. The standard InChI is InChI=1S/C11H15N/c1-3-4-8-11(2)9-6-5-7-10(11)12/h3-10H,1,12H2,2H3/b8-4+. The van der Waals surface area contributed by atoms with Crippen LogP contribution < -0.4 is 5.73 Å². The van der Waals surface area contributed by atoms with Crippen LogP contribution in [0.5, 0.6) is 0 Å². The Morgan fingerprint density at radius 1 is 1.50 bits per heavy atom. The minimum absolute atomic E-state index is 0.0526. The zero-order valence-corrected chi connectivity index (χ0v) is 7.40. The maximum Gasteiger partial charge on any atom is 0.0352 e. The maximum atomic E-state index is 5.93. The van der Waals surface area contributed by atoms with Gasteiger partial charge in [-0.15, -0.1) is 0 Å². The van der Waals surface area contributed by atoms with Crippen LogP contribution in [0.15, 0.2) is 49.1 Å². The van der Waals surface area contributed by atoms with Crippen molar-refractivity contribution in [3.63, 3.8) is 0 Å². The Kier molecular flexibility index (Phi) is 2.66. The van der Waals surface area contributed by atoms with Crippen LogP contribution in [0.2, 0.25) is 0 Å². The third kappa shape index (κ3) is 1.74. The van der Waals surface area contributed by atoms with Crippen LogP contribution in [0.4, 0.5) is 0 Å². The lowest BCUT2D eigenvalue weighted by Gasteiger charge is -2.29. The summed E-state index contributed by atoms with van der Waals surface area (Å²) in [4.78, 5) is 0. The molecule has 1 aliphatic carbocycles. The highest BCUT2D eigenvalue weighted by Gasteiger charge is 2.24. The zero-order chi connectivity index (χ0) is 9.03. The van der Waals surface area contributed by atoms with Crippen LogP contribution in [0.25, 0.3) is 0 Å². The van der Waals surface area contributed by atoms with Crippen LogP contribution in [0.1, 0.15) is 6.92 Å². The normalized spacial score (nSPS) is 34.3. The van der Waals surface area contributed by atoms with Crippen molar-refractivity contribution < 1.29 is 0 Å². The van der Waals surface area contributed by atoms with Gasteiger partial charge in [0.1, 0.15) is 0 Å². The predicted octanol–water partition coefficient (Wildman–Crippen LogP) is 2.19. The van der Waals surface area contributed by atoms with E-state index in [-0.39, 0.29) is 11.5 Å². The van der Waals surface area contributed by atoms with E-state index in [1.807, 2.05) is 24.3 Å². The Hall–Kier alpha value is -1.08. The van der Waals surface area contributed by atoms with Crippen LogP contribution >= 0.6 is 0 Å². The largest absolute Gasteiger partial charge is 0.323 e. The van der Waals surface area contributed by atoms with Crippen LogP contribution in [-0.4, -0.2) is 6.04 Å². The average molecular weight is 161 g/mol. The lowest BCUT2D eigenvalue weighted by Crippen LogP contribution is -2.36. The fourth-order valence-corrected chi connectivity index (χ4v) is 1.21. The van der Waals surface area contributed by atoms with Crippen molar-refractivity contribution in [1.29, 1.82) is 0 Å². The summed E-state index contributed by atoms with van der Waals surface area (Å²) in [6, 6.07) is 0.0682. The molecule has 2 N–H and O–H groups in total. The SMILES string of the molecule is C=C/C=C/C1(C)C=CC=CC1N. The lowest BCUT2D eigenvalue weighted by atomic mass is 9.79. The van der Waals surface area contributed by atoms with Crippen molar-refractivity contribution in [1.82, 2.24) is 0 Å². The molecule has 0 bridgehead atoms. The third-order valence-corrected chi connectivity index (χ3v) is 2.19. The molecule has 0 radical (unpaired) electrons. The van der Waals surface area contributed by atoms with Crippen LogP contribution in [-0.2, 0) is 0 Å². The Morgan fingerprint density at radius 2 is 2.25 bits per heavy atom. The van der Waals surface area contributed by atoms with Crippen molar-refractivity contribution in [2.24, 2.45) is 11.1 Å². The van der Waals surface area contributed by atoms with E-state index in [9.17, 15) is 0 Å². The number of hydrogen-bond donors (Lipinski definition) is 1. The second-order valence-electron chi connectivity index (χ2n) is 3.23. The smallest absolute Gasteiger partial charge is 0.0352 e. The molecule has 12 heavy (non-hydrogen) atoms. The summed E-state index contributed by atoms with van der Waals surface area (Å²) in [7, 11) is 0. The van der Waals surface area contributed by atoms with E-state index in [0.717, 1.165) is 0 Å². The molecule has 0 aliphatic heterocycles. The highest BCUT2D eigenvalue weighted by atomic mass is 14.7. The summed E-state index contributed by atoms with van der Waals surface area (Å²) >= 11 is 0. The molecule has 1 aliphatic rings. The Balaban J connectivity index is 2.82. The molecule has 2 atom stereocenters. The van der Waals surface area contributed by atoms with Gasteiger partial charge in [-0.1, -0.05) is 56.0 Å². The van der Waals surface area contributed by atoms with E-state index in [1.165, 1.54) is 0 Å². The van der Waals surface area contributed by atoms with Crippen molar-refractivity contribution in [2.45, 2.75) is 13.0 Å². The average Bonchev–Trinajstić information content (AvgIpc) is 2.07. The maximum absolute atomic E-state index is 5.93. The van der Waals surface area contributed by atoms with Gasteiger partial charge in [0.15, 0.2) is 0 Å². The van der Waals surface area contributed by atoms with E-state index in [1.54, 1.807) is 6.08 Å². The van der Waals surface area contributed by atoms with E-state index in [0.29, 0.717) is 0 Å². The Bertz CT molecular complexity index is 248. The van der Waals surface area contributed by atoms with Crippen molar-refractivity contribution >= 4 is 0 Å². The molecule has 0 aromatic heterocycles. The van der Waals surface area contributed by atoms with Crippen LogP contribution in [0.3, 0.4) is 0 Å². The van der Waals surface area contributed by atoms with Gasteiger partial charge in [-0.2, -0.15) is 0 Å². The number of allylic oxidation sites excluding steroid dienone is 4. The van der Waals surface area contributed by atoms with E-state index < -0.39 is 0 Å². The first kappa shape index (κ1) is 9.01. The minimum Gasteiger partial charge on any atom is -0.323 e. The molecule has 0 amide bonds.